The molecule has 0 unspecified atom stereocenters. The van der Waals surface area contributed by atoms with Gasteiger partial charge in [0.15, 0.2) is 21.4 Å². The molecule has 0 radical (unpaired) electrons. The van der Waals surface area contributed by atoms with Gasteiger partial charge in [-0.25, -0.2) is 17.2 Å². The minimum atomic E-state index is -3.45. The number of rotatable bonds is 8. The van der Waals surface area contributed by atoms with Crippen molar-refractivity contribution < 1.29 is 21.9 Å². The number of sulfone groups is 1. The molecule has 0 aliphatic carbocycles. The minimum absolute atomic E-state index is 0.00453. The molecule has 0 saturated heterocycles. The predicted molar refractivity (Wildman–Crippen MR) is 116 cm³/mol. The fourth-order valence-electron chi connectivity index (χ4n) is 3.06. The maximum absolute atomic E-state index is 14.3. The molecule has 3 rings (SSSR count). The summed E-state index contributed by atoms with van der Waals surface area (Å²) in [6, 6.07) is 5.86. The molecule has 3 aromatic rings. The number of halogens is 2. The first-order valence-corrected chi connectivity index (χ1v) is 11.8. The van der Waals surface area contributed by atoms with Crippen molar-refractivity contribution in [2.45, 2.75) is 32.4 Å². The highest BCUT2D eigenvalue weighted by Crippen LogP contribution is 2.29. The van der Waals surface area contributed by atoms with Gasteiger partial charge in [-0.2, -0.15) is 9.97 Å². The van der Waals surface area contributed by atoms with Crippen LogP contribution in [0.3, 0.4) is 0 Å². The van der Waals surface area contributed by atoms with E-state index < -0.39 is 21.5 Å². The molecular weight excluding hydrogens is 440 g/mol. The lowest BCUT2D eigenvalue weighted by molar-refractivity contribution is 0.404. The smallest absolute Gasteiger partial charge is 0.322 e. The normalized spacial score (nSPS) is 11.5. The van der Waals surface area contributed by atoms with E-state index in [1.807, 2.05) is 6.92 Å². The Morgan fingerprint density at radius 1 is 1.12 bits per heavy atom. The first-order valence-electron chi connectivity index (χ1n) is 9.97. The highest BCUT2D eigenvalue weighted by atomic mass is 32.2. The van der Waals surface area contributed by atoms with Crippen LogP contribution in [0, 0.1) is 18.6 Å². The summed E-state index contributed by atoms with van der Waals surface area (Å²) in [7, 11) is -1.88. The van der Waals surface area contributed by atoms with Crippen LogP contribution in [-0.4, -0.2) is 28.7 Å². The Morgan fingerprint density at radius 2 is 1.88 bits per heavy atom. The topological polar surface area (TPSA) is 91.2 Å². The van der Waals surface area contributed by atoms with Crippen LogP contribution in [0.15, 0.2) is 41.3 Å². The van der Waals surface area contributed by atoms with Gasteiger partial charge in [0, 0.05) is 30.9 Å². The third-order valence-corrected chi connectivity index (χ3v) is 6.35. The molecular formula is C22H23F2N3O4S. The molecule has 1 aromatic carbocycles. The Kier molecular flexibility index (Phi) is 7.02. The fourth-order valence-corrected chi connectivity index (χ4v) is 4.53. The van der Waals surface area contributed by atoms with Gasteiger partial charge in [-0.05, 0) is 37.1 Å². The summed E-state index contributed by atoms with van der Waals surface area (Å²) in [5.74, 6) is -2.30. The van der Waals surface area contributed by atoms with Crippen LogP contribution in [0.5, 0.6) is 11.8 Å². The largest absolute Gasteiger partial charge is 0.421 e. The molecule has 0 N–H and O–H groups in total. The minimum Gasteiger partial charge on any atom is -0.421 e. The molecule has 0 fully saturated rings. The second kappa shape index (κ2) is 9.56. The molecule has 2 aromatic heterocycles. The number of unbranched alkanes of at least 4 members (excludes halogenated alkanes) is 1. The van der Waals surface area contributed by atoms with Crippen molar-refractivity contribution in [2.75, 3.05) is 5.75 Å². The zero-order chi connectivity index (χ0) is 23.5. The van der Waals surface area contributed by atoms with Crippen LogP contribution in [0.4, 0.5) is 8.78 Å². The second-order valence-electron chi connectivity index (χ2n) is 7.48. The van der Waals surface area contributed by atoms with E-state index in [0.29, 0.717) is 23.7 Å². The average Bonchev–Trinajstić information content (AvgIpc) is 2.70. The number of ether oxygens (including phenoxy) is 1. The van der Waals surface area contributed by atoms with Crippen molar-refractivity contribution in [3.05, 3.63) is 69.8 Å². The Labute approximate surface area is 184 Å². The lowest BCUT2D eigenvalue weighted by Crippen LogP contribution is -2.14. The van der Waals surface area contributed by atoms with Gasteiger partial charge in [0.1, 0.15) is 5.82 Å². The highest BCUT2D eigenvalue weighted by molar-refractivity contribution is 7.90. The number of hydrogen-bond donors (Lipinski definition) is 0. The molecule has 0 saturated carbocycles. The first kappa shape index (κ1) is 23.5. The van der Waals surface area contributed by atoms with Gasteiger partial charge < -0.3 is 9.30 Å². The molecule has 0 spiro atoms. The quantitative estimate of drug-likeness (QED) is 0.503. The van der Waals surface area contributed by atoms with Crippen molar-refractivity contribution in [3.8, 4) is 23.0 Å². The maximum Gasteiger partial charge on any atom is 0.322 e. The monoisotopic (exact) mass is 463 g/mol. The summed E-state index contributed by atoms with van der Waals surface area (Å²) in [5.41, 5.74) is 0.936. The van der Waals surface area contributed by atoms with Gasteiger partial charge in [-0.1, -0.05) is 13.3 Å². The SMILES string of the molecule is CCCCS(=O)(=O)Cc1cc(-c2ccc(=O)n(C)c2)nc(Oc2c(C)cc(F)cc2F)n1. The van der Waals surface area contributed by atoms with Crippen molar-refractivity contribution in [2.24, 2.45) is 7.05 Å². The summed E-state index contributed by atoms with van der Waals surface area (Å²) in [6.45, 7) is 3.36. The third-order valence-electron chi connectivity index (χ3n) is 4.70. The Balaban J connectivity index is 2.08. The third kappa shape index (κ3) is 5.76. The summed E-state index contributed by atoms with van der Waals surface area (Å²) in [4.78, 5) is 20.1. The van der Waals surface area contributed by atoms with Crippen LogP contribution < -0.4 is 10.3 Å². The number of aryl methyl sites for hydroxylation is 2. The Morgan fingerprint density at radius 3 is 2.53 bits per heavy atom. The average molecular weight is 464 g/mol. The molecule has 2 heterocycles. The van der Waals surface area contributed by atoms with Crippen molar-refractivity contribution in [1.29, 1.82) is 0 Å². The summed E-state index contributed by atoms with van der Waals surface area (Å²) in [5, 5.41) is 0. The van der Waals surface area contributed by atoms with Crippen LogP contribution in [-0.2, 0) is 22.6 Å². The van der Waals surface area contributed by atoms with Crippen molar-refractivity contribution in [1.82, 2.24) is 14.5 Å². The summed E-state index contributed by atoms with van der Waals surface area (Å²) in [6.07, 6.45) is 2.78. The fraction of sp³-hybridized carbons (Fsp3) is 0.318. The van der Waals surface area contributed by atoms with Gasteiger partial charge in [0.05, 0.1) is 22.9 Å². The zero-order valence-corrected chi connectivity index (χ0v) is 18.7. The van der Waals surface area contributed by atoms with Crippen molar-refractivity contribution >= 4 is 9.84 Å². The Bertz CT molecular complexity index is 1280. The van der Waals surface area contributed by atoms with Gasteiger partial charge >= 0.3 is 6.01 Å². The maximum atomic E-state index is 14.3. The summed E-state index contributed by atoms with van der Waals surface area (Å²) >= 11 is 0. The van der Waals surface area contributed by atoms with Gasteiger partial charge in [0.25, 0.3) is 0 Å². The van der Waals surface area contributed by atoms with E-state index in [9.17, 15) is 22.0 Å². The van der Waals surface area contributed by atoms with Crippen molar-refractivity contribution in [3.63, 3.8) is 0 Å². The highest BCUT2D eigenvalue weighted by Gasteiger charge is 2.18. The van der Waals surface area contributed by atoms with E-state index >= 15 is 0 Å². The van der Waals surface area contributed by atoms with E-state index in [4.69, 9.17) is 4.74 Å². The van der Waals surface area contributed by atoms with E-state index in [0.717, 1.165) is 12.5 Å². The molecule has 0 bridgehead atoms. The second-order valence-corrected chi connectivity index (χ2v) is 9.66. The number of benzene rings is 1. The van der Waals surface area contributed by atoms with Crippen LogP contribution in [0.25, 0.3) is 11.3 Å². The molecule has 0 atom stereocenters. The number of pyridine rings is 1. The lowest BCUT2D eigenvalue weighted by atomic mass is 10.2. The molecule has 0 aliphatic heterocycles. The first-order chi connectivity index (χ1) is 15.1. The van der Waals surface area contributed by atoms with E-state index in [2.05, 4.69) is 9.97 Å². The van der Waals surface area contributed by atoms with Gasteiger partial charge in [-0.3, -0.25) is 4.79 Å². The summed E-state index contributed by atoms with van der Waals surface area (Å²) < 4.78 is 59.5. The van der Waals surface area contributed by atoms with Crippen LogP contribution in [0.2, 0.25) is 0 Å². The predicted octanol–water partition coefficient (Wildman–Crippen LogP) is 3.94. The number of nitrogens with zero attached hydrogens (tertiary/aromatic N) is 3. The molecule has 32 heavy (non-hydrogen) atoms. The zero-order valence-electron chi connectivity index (χ0n) is 17.9. The Hall–Kier alpha value is -3.14. The molecule has 0 aliphatic rings. The van der Waals surface area contributed by atoms with Crippen LogP contribution in [0.1, 0.15) is 31.0 Å². The van der Waals surface area contributed by atoms with Crippen LogP contribution >= 0.6 is 0 Å². The number of hydrogen-bond acceptors (Lipinski definition) is 6. The van der Waals surface area contributed by atoms with E-state index in [1.54, 1.807) is 7.05 Å². The van der Waals surface area contributed by atoms with E-state index in [-0.39, 0.29) is 40.1 Å². The molecule has 170 valence electrons. The van der Waals surface area contributed by atoms with E-state index in [1.165, 1.54) is 35.9 Å². The van der Waals surface area contributed by atoms with Gasteiger partial charge in [-0.15, -0.1) is 0 Å². The van der Waals surface area contributed by atoms with Gasteiger partial charge in [0.2, 0.25) is 5.56 Å². The molecule has 10 heteroatoms. The standard InChI is InChI=1S/C22H23F2N3O4S/c1-4-5-8-32(29,30)13-17-11-19(15-6-7-20(28)27(3)12-15)26-22(25-17)31-21-14(2)9-16(23)10-18(21)24/h6-7,9-12H,4-5,8,13H2,1-3H3. The molecule has 0 amide bonds. The number of aromatic nitrogens is 3. The molecule has 7 nitrogen and oxygen atoms in total. The lowest BCUT2D eigenvalue weighted by Gasteiger charge is -2.12.